The molecule has 1 aromatic rings. The van der Waals surface area contributed by atoms with Crippen molar-refractivity contribution in [2.45, 2.75) is 44.7 Å². The molecule has 0 saturated heterocycles. The molecular weight excluding hydrogens is 218 g/mol. The summed E-state index contributed by atoms with van der Waals surface area (Å²) in [4.78, 5) is 18.2. The first-order valence-corrected chi connectivity index (χ1v) is 6.15. The van der Waals surface area contributed by atoms with Gasteiger partial charge in [-0.05, 0) is 26.2 Å². The Balaban J connectivity index is 1.88. The van der Waals surface area contributed by atoms with Crippen molar-refractivity contribution in [1.82, 2.24) is 15.3 Å². The van der Waals surface area contributed by atoms with Crippen LogP contribution >= 0.6 is 0 Å². The fourth-order valence-electron chi connectivity index (χ4n) is 2.51. The van der Waals surface area contributed by atoms with Crippen LogP contribution in [0.3, 0.4) is 0 Å². The van der Waals surface area contributed by atoms with E-state index in [1.165, 1.54) is 0 Å². The predicted molar refractivity (Wildman–Crippen MR) is 63.5 cm³/mol. The summed E-state index contributed by atoms with van der Waals surface area (Å²) in [7, 11) is 0. The molecule has 1 saturated carbocycles. The molecule has 0 radical (unpaired) electrons. The zero-order chi connectivity index (χ0) is 12.3. The minimum Gasteiger partial charge on any atom is -0.481 e. The summed E-state index contributed by atoms with van der Waals surface area (Å²) < 4.78 is 0. The molecule has 3 unspecified atom stereocenters. The number of nitrogens with one attached hydrogen (secondary N) is 2. The Morgan fingerprint density at radius 3 is 3.12 bits per heavy atom. The molecule has 1 heterocycles. The quantitative estimate of drug-likeness (QED) is 0.745. The molecule has 5 heteroatoms. The number of H-pyrrole nitrogens is 1. The van der Waals surface area contributed by atoms with Gasteiger partial charge in [-0.25, -0.2) is 4.98 Å². The highest BCUT2D eigenvalue weighted by Crippen LogP contribution is 2.25. The van der Waals surface area contributed by atoms with Crippen molar-refractivity contribution < 1.29 is 9.90 Å². The van der Waals surface area contributed by atoms with E-state index in [0.29, 0.717) is 0 Å². The number of carbonyl (C=O) groups is 1. The number of imidazole rings is 1. The van der Waals surface area contributed by atoms with Crippen molar-refractivity contribution in [3.63, 3.8) is 0 Å². The highest BCUT2D eigenvalue weighted by atomic mass is 16.4. The maximum atomic E-state index is 11.0. The molecule has 1 fully saturated rings. The topological polar surface area (TPSA) is 78.0 Å². The van der Waals surface area contributed by atoms with E-state index in [1.807, 2.05) is 6.92 Å². The average Bonchev–Trinajstić information content (AvgIpc) is 2.82. The van der Waals surface area contributed by atoms with E-state index >= 15 is 0 Å². The van der Waals surface area contributed by atoms with Crippen LogP contribution in [0.2, 0.25) is 0 Å². The molecule has 5 nitrogen and oxygen atoms in total. The van der Waals surface area contributed by atoms with Crippen molar-refractivity contribution in [2.75, 3.05) is 0 Å². The molecule has 1 aliphatic carbocycles. The van der Waals surface area contributed by atoms with Gasteiger partial charge in [0.2, 0.25) is 0 Å². The highest BCUT2D eigenvalue weighted by Gasteiger charge is 2.27. The fraction of sp³-hybridized carbons (Fsp3) is 0.667. The maximum Gasteiger partial charge on any atom is 0.306 e. The minimum atomic E-state index is -0.665. The SMILES string of the molecule is CC(NC1CCCC(C(=O)O)C1)c1ncc[nH]1. The van der Waals surface area contributed by atoms with Gasteiger partial charge in [0.1, 0.15) is 5.82 Å². The van der Waals surface area contributed by atoms with Gasteiger partial charge in [-0.2, -0.15) is 0 Å². The monoisotopic (exact) mass is 237 g/mol. The van der Waals surface area contributed by atoms with Crippen LogP contribution in [0.15, 0.2) is 12.4 Å². The molecule has 0 spiro atoms. The standard InChI is InChI=1S/C12H19N3O2/c1-8(11-13-5-6-14-11)15-10-4-2-3-9(7-10)12(16)17/h5-6,8-10,15H,2-4,7H2,1H3,(H,13,14)(H,16,17). The Kier molecular flexibility index (Phi) is 3.78. The van der Waals surface area contributed by atoms with E-state index in [9.17, 15) is 4.79 Å². The first-order chi connectivity index (χ1) is 8.16. The zero-order valence-corrected chi connectivity index (χ0v) is 10.0. The van der Waals surface area contributed by atoms with Gasteiger partial charge in [-0.15, -0.1) is 0 Å². The summed E-state index contributed by atoms with van der Waals surface area (Å²) in [6, 6.07) is 0.424. The second-order valence-corrected chi connectivity index (χ2v) is 4.76. The van der Waals surface area contributed by atoms with Gasteiger partial charge in [0.25, 0.3) is 0 Å². The lowest BCUT2D eigenvalue weighted by atomic mass is 9.85. The van der Waals surface area contributed by atoms with E-state index < -0.39 is 5.97 Å². The molecule has 0 bridgehead atoms. The van der Waals surface area contributed by atoms with Crippen LogP contribution in [0.1, 0.15) is 44.5 Å². The summed E-state index contributed by atoms with van der Waals surface area (Å²) in [5.41, 5.74) is 0. The van der Waals surface area contributed by atoms with E-state index in [0.717, 1.165) is 31.5 Å². The molecule has 2 rings (SSSR count). The van der Waals surface area contributed by atoms with Gasteiger partial charge in [-0.3, -0.25) is 4.79 Å². The van der Waals surface area contributed by atoms with Crippen molar-refractivity contribution in [3.05, 3.63) is 18.2 Å². The maximum absolute atomic E-state index is 11.0. The van der Waals surface area contributed by atoms with Crippen molar-refractivity contribution in [3.8, 4) is 0 Å². The van der Waals surface area contributed by atoms with E-state index in [2.05, 4.69) is 15.3 Å². The van der Waals surface area contributed by atoms with Crippen molar-refractivity contribution >= 4 is 5.97 Å². The van der Waals surface area contributed by atoms with Gasteiger partial charge in [0.15, 0.2) is 0 Å². The first kappa shape index (κ1) is 12.1. The fourth-order valence-corrected chi connectivity index (χ4v) is 2.51. The Bertz CT molecular complexity index is 364. The van der Waals surface area contributed by atoms with Crippen LogP contribution < -0.4 is 5.32 Å². The second-order valence-electron chi connectivity index (χ2n) is 4.76. The number of aromatic nitrogens is 2. The number of nitrogens with zero attached hydrogens (tertiary/aromatic N) is 1. The third-order valence-corrected chi connectivity index (χ3v) is 3.44. The smallest absolute Gasteiger partial charge is 0.306 e. The van der Waals surface area contributed by atoms with E-state index in [1.54, 1.807) is 12.4 Å². The van der Waals surface area contributed by atoms with Gasteiger partial charge in [0, 0.05) is 18.4 Å². The van der Waals surface area contributed by atoms with Crippen LogP contribution in [0, 0.1) is 5.92 Å². The summed E-state index contributed by atoms with van der Waals surface area (Å²) >= 11 is 0. The molecular formula is C12H19N3O2. The van der Waals surface area contributed by atoms with Crippen LogP contribution in [0.5, 0.6) is 0 Å². The second kappa shape index (κ2) is 5.31. The molecule has 0 aliphatic heterocycles. The van der Waals surface area contributed by atoms with Gasteiger partial charge >= 0.3 is 5.97 Å². The zero-order valence-electron chi connectivity index (χ0n) is 10.0. The minimum absolute atomic E-state index is 0.141. The molecule has 1 aliphatic rings. The number of carboxylic acids is 1. The van der Waals surface area contributed by atoms with Crippen LogP contribution in [0.25, 0.3) is 0 Å². The highest BCUT2D eigenvalue weighted by molar-refractivity contribution is 5.70. The number of aliphatic carboxylic acids is 1. The third-order valence-electron chi connectivity index (χ3n) is 3.44. The third kappa shape index (κ3) is 3.06. The molecule has 94 valence electrons. The van der Waals surface area contributed by atoms with Crippen LogP contribution in [0.4, 0.5) is 0 Å². The lowest BCUT2D eigenvalue weighted by Gasteiger charge is -2.29. The first-order valence-electron chi connectivity index (χ1n) is 6.15. The summed E-state index contributed by atoms with van der Waals surface area (Å²) in [6.07, 6.45) is 7.10. The van der Waals surface area contributed by atoms with Crippen molar-refractivity contribution in [1.29, 1.82) is 0 Å². The number of aromatic amines is 1. The van der Waals surface area contributed by atoms with Gasteiger partial charge < -0.3 is 15.4 Å². The number of carboxylic acid groups (broad SMARTS) is 1. The normalized spacial score (nSPS) is 26.6. The molecule has 3 atom stereocenters. The summed E-state index contributed by atoms with van der Waals surface area (Å²) in [5, 5.41) is 12.5. The average molecular weight is 237 g/mol. The molecule has 0 aromatic carbocycles. The van der Waals surface area contributed by atoms with E-state index in [-0.39, 0.29) is 18.0 Å². The Morgan fingerprint density at radius 2 is 2.47 bits per heavy atom. The van der Waals surface area contributed by atoms with Crippen LogP contribution in [-0.2, 0) is 4.79 Å². The largest absolute Gasteiger partial charge is 0.481 e. The predicted octanol–water partition coefficient (Wildman–Crippen LogP) is 1.70. The molecule has 0 amide bonds. The van der Waals surface area contributed by atoms with Gasteiger partial charge in [0.05, 0.1) is 12.0 Å². The number of hydrogen-bond acceptors (Lipinski definition) is 3. The van der Waals surface area contributed by atoms with E-state index in [4.69, 9.17) is 5.11 Å². The molecule has 3 N–H and O–H groups in total. The lowest BCUT2D eigenvalue weighted by molar-refractivity contribution is -0.143. The van der Waals surface area contributed by atoms with Crippen molar-refractivity contribution in [2.24, 2.45) is 5.92 Å². The Morgan fingerprint density at radius 1 is 1.65 bits per heavy atom. The van der Waals surface area contributed by atoms with Crippen LogP contribution in [-0.4, -0.2) is 27.1 Å². The van der Waals surface area contributed by atoms with Gasteiger partial charge in [-0.1, -0.05) is 6.42 Å². The Hall–Kier alpha value is -1.36. The summed E-state index contributed by atoms with van der Waals surface area (Å²) in [5.74, 6) is 0.0506. The number of rotatable bonds is 4. The number of hydrogen-bond donors (Lipinski definition) is 3. The molecule has 17 heavy (non-hydrogen) atoms. The summed E-state index contributed by atoms with van der Waals surface area (Å²) in [6.45, 7) is 2.04. The molecule has 1 aromatic heterocycles. The lowest BCUT2D eigenvalue weighted by Crippen LogP contribution is -2.38. The Labute approximate surface area is 101 Å².